The number of hydrogen-bond donors (Lipinski definition) is 3. The van der Waals surface area contributed by atoms with Gasteiger partial charge in [-0.1, -0.05) is 10.3 Å². The topological polar surface area (TPSA) is 102 Å². The highest BCUT2D eigenvalue weighted by Crippen LogP contribution is 2.46. The summed E-state index contributed by atoms with van der Waals surface area (Å²) < 4.78 is 21.4. The van der Waals surface area contributed by atoms with Gasteiger partial charge in [-0.25, -0.2) is 0 Å². The van der Waals surface area contributed by atoms with E-state index in [9.17, 15) is 0 Å². The Morgan fingerprint density at radius 3 is 1.62 bits per heavy atom. The second kappa shape index (κ2) is 8.86. The lowest BCUT2D eigenvalue weighted by Crippen LogP contribution is -1.99. The second-order valence-corrected chi connectivity index (χ2v) is 5.17. The molecule has 0 aliphatic heterocycles. The molecule has 0 aliphatic rings. The molecule has 0 aliphatic carbocycles. The van der Waals surface area contributed by atoms with Gasteiger partial charge in [0.15, 0.2) is 23.0 Å². The van der Waals surface area contributed by atoms with Crippen molar-refractivity contribution in [2.24, 2.45) is 10.3 Å². The highest BCUT2D eigenvalue weighted by Gasteiger charge is 2.21. The number of nitrogens with zero attached hydrogens (tertiary/aromatic N) is 2. The van der Waals surface area contributed by atoms with Crippen LogP contribution < -0.4 is 18.4 Å². The van der Waals surface area contributed by atoms with Crippen LogP contribution in [0.1, 0.15) is 11.1 Å². The van der Waals surface area contributed by atoms with Crippen LogP contribution in [0.5, 0.6) is 23.0 Å². The first-order valence-corrected chi connectivity index (χ1v) is 7.64. The Morgan fingerprint density at radius 2 is 1.23 bits per heavy atom. The SMILES string of the molecule is COc1cc(/C=N/O)cc(-c2cc(/C=N/O)cc(OC)c2OS)c1OC. The molecule has 0 radical (unpaired) electrons. The Bertz CT molecular complexity index is 769. The van der Waals surface area contributed by atoms with Crippen LogP contribution in [0.3, 0.4) is 0 Å². The first kappa shape index (κ1) is 19.3. The predicted molar refractivity (Wildman–Crippen MR) is 99.9 cm³/mol. The van der Waals surface area contributed by atoms with Gasteiger partial charge < -0.3 is 28.8 Å². The number of hydrogen-bond acceptors (Lipinski definition) is 9. The third kappa shape index (κ3) is 3.77. The van der Waals surface area contributed by atoms with Gasteiger partial charge in [-0.05, 0) is 24.3 Å². The van der Waals surface area contributed by atoms with Crippen molar-refractivity contribution in [2.75, 3.05) is 21.3 Å². The number of rotatable bonds is 7. The Hall–Kier alpha value is -3.07. The van der Waals surface area contributed by atoms with Crippen LogP contribution in [-0.2, 0) is 0 Å². The lowest BCUT2D eigenvalue weighted by atomic mass is 9.98. The molecule has 0 amide bonds. The van der Waals surface area contributed by atoms with Gasteiger partial charge in [0.05, 0.1) is 33.8 Å². The fraction of sp³-hybridized carbons (Fsp3) is 0.176. The summed E-state index contributed by atoms with van der Waals surface area (Å²) in [5.74, 6) is 1.54. The molecule has 0 unspecified atom stereocenters. The molecule has 0 bridgehead atoms. The monoisotopic (exact) mass is 378 g/mol. The van der Waals surface area contributed by atoms with Gasteiger partial charge in [-0.15, -0.1) is 0 Å². The Kier molecular flexibility index (Phi) is 6.56. The first-order valence-electron chi connectivity index (χ1n) is 7.28. The normalized spacial score (nSPS) is 11.1. The van der Waals surface area contributed by atoms with Crippen LogP contribution in [0.4, 0.5) is 0 Å². The molecule has 0 heterocycles. The van der Waals surface area contributed by atoms with Gasteiger partial charge in [0.25, 0.3) is 0 Å². The molecule has 0 aromatic heterocycles. The minimum atomic E-state index is 0.323. The van der Waals surface area contributed by atoms with Gasteiger partial charge in [0.1, 0.15) is 0 Å². The van der Waals surface area contributed by atoms with Crippen LogP contribution in [0.15, 0.2) is 34.6 Å². The maximum atomic E-state index is 8.86. The van der Waals surface area contributed by atoms with Crippen molar-refractivity contribution in [1.82, 2.24) is 0 Å². The van der Waals surface area contributed by atoms with Crippen molar-refractivity contribution in [3.63, 3.8) is 0 Å². The largest absolute Gasteiger partial charge is 0.493 e. The van der Waals surface area contributed by atoms with Gasteiger partial charge in [0, 0.05) is 35.2 Å². The van der Waals surface area contributed by atoms with Gasteiger partial charge in [-0.2, -0.15) is 0 Å². The van der Waals surface area contributed by atoms with E-state index in [1.54, 1.807) is 24.3 Å². The zero-order chi connectivity index (χ0) is 19.1. The standard InChI is InChI=1S/C17H18N2O6S/c1-22-14-6-10(8-18-20)4-12(16(14)24-3)13-5-11(9-19-21)7-15(23-2)17(13)25-26/h4-9,20-21,26H,1-3H3/b18-8+,19-9+. The molecule has 2 N–H and O–H groups in total. The van der Waals surface area contributed by atoms with Crippen molar-refractivity contribution < 1.29 is 28.8 Å². The molecular weight excluding hydrogens is 360 g/mol. The highest BCUT2D eigenvalue weighted by atomic mass is 32.1. The lowest BCUT2D eigenvalue weighted by Gasteiger charge is -2.18. The molecule has 26 heavy (non-hydrogen) atoms. The van der Waals surface area contributed by atoms with Crippen LogP contribution in [-0.4, -0.2) is 44.2 Å². The summed E-state index contributed by atoms with van der Waals surface area (Å²) in [5.41, 5.74) is 2.22. The fourth-order valence-corrected chi connectivity index (χ4v) is 2.73. The number of thiol groups is 1. The molecule has 2 rings (SSSR count). The molecule has 0 fully saturated rings. The van der Waals surface area contributed by atoms with Crippen molar-refractivity contribution in [3.8, 4) is 34.1 Å². The minimum absolute atomic E-state index is 0.323. The van der Waals surface area contributed by atoms with E-state index in [4.69, 9.17) is 28.8 Å². The van der Waals surface area contributed by atoms with E-state index < -0.39 is 0 Å². The number of benzene rings is 2. The average Bonchev–Trinajstić information content (AvgIpc) is 2.66. The minimum Gasteiger partial charge on any atom is -0.493 e. The first-order chi connectivity index (χ1) is 12.6. The summed E-state index contributed by atoms with van der Waals surface area (Å²) in [6, 6.07) is 6.69. The third-order valence-electron chi connectivity index (χ3n) is 3.59. The Morgan fingerprint density at radius 1 is 0.769 bits per heavy atom. The molecule has 138 valence electrons. The van der Waals surface area contributed by atoms with E-state index in [-0.39, 0.29) is 0 Å². The molecular formula is C17H18N2O6S. The van der Waals surface area contributed by atoms with E-state index in [0.717, 1.165) is 0 Å². The molecule has 0 spiro atoms. The Labute approximate surface area is 155 Å². The number of oxime groups is 2. The van der Waals surface area contributed by atoms with Gasteiger partial charge in [0.2, 0.25) is 0 Å². The van der Waals surface area contributed by atoms with Gasteiger partial charge >= 0.3 is 0 Å². The van der Waals surface area contributed by atoms with E-state index in [1.165, 1.54) is 33.8 Å². The Balaban J connectivity index is 2.88. The second-order valence-electron chi connectivity index (χ2n) is 4.98. The van der Waals surface area contributed by atoms with Gasteiger partial charge in [-0.3, -0.25) is 0 Å². The average molecular weight is 378 g/mol. The molecule has 2 aromatic rings. The van der Waals surface area contributed by atoms with Crippen molar-refractivity contribution in [2.45, 2.75) is 0 Å². The van der Waals surface area contributed by atoms with Crippen molar-refractivity contribution in [3.05, 3.63) is 35.4 Å². The molecule has 0 saturated heterocycles. The maximum Gasteiger partial charge on any atom is 0.186 e. The third-order valence-corrected chi connectivity index (χ3v) is 3.78. The van der Waals surface area contributed by atoms with Crippen LogP contribution in [0.25, 0.3) is 11.1 Å². The molecule has 8 nitrogen and oxygen atoms in total. The summed E-state index contributed by atoms with van der Waals surface area (Å²) in [7, 11) is 4.47. The molecule has 9 heteroatoms. The number of methoxy groups -OCH3 is 3. The van der Waals surface area contributed by atoms with Crippen molar-refractivity contribution >= 4 is 25.3 Å². The molecule has 2 aromatic carbocycles. The van der Waals surface area contributed by atoms with E-state index in [1.807, 2.05) is 0 Å². The molecule has 0 atom stereocenters. The summed E-state index contributed by atoms with van der Waals surface area (Å²) in [4.78, 5) is 0. The van der Waals surface area contributed by atoms with Crippen molar-refractivity contribution in [1.29, 1.82) is 0 Å². The summed E-state index contributed by atoms with van der Waals surface area (Å²) >= 11 is 3.92. The molecule has 0 saturated carbocycles. The van der Waals surface area contributed by atoms with Crippen LogP contribution in [0, 0.1) is 0 Å². The number of ether oxygens (including phenoxy) is 3. The fourth-order valence-electron chi connectivity index (χ4n) is 2.54. The zero-order valence-corrected chi connectivity index (χ0v) is 15.2. The van der Waals surface area contributed by atoms with E-state index >= 15 is 0 Å². The van der Waals surface area contributed by atoms with Crippen LogP contribution >= 0.6 is 12.9 Å². The van der Waals surface area contributed by atoms with E-state index in [2.05, 4.69) is 23.2 Å². The summed E-state index contributed by atoms with van der Waals surface area (Å²) in [5, 5.41) is 23.8. The van der Waals surface area contributed by atoms with E-state index in [0.29, 0.717) is 45.3 Å². The highest BCUT2D eigenvalue weighted by molar-refractivity contribution is 7.75. The smallest absolute Gasteiger partial charge is 0.186 e. The summed E-state index contributed by atoms with van der Waals surface area (Å²) in [6.07, 6.45) is 2.50. The van der Waals surface area contributed by atoms with Crippen LogP contribution in [0.2, 0.25) is 0 Å². The quantitative estimate of drug-likeness (QED) is 0.225. The zero-order valence-electron chi connectivity index (χ0n) is 14.3. The predicted octanol–water partition coefficient (Wildman–Crippen LogP) is 3.22. The maximum absolute atomic E-state index is 8.86. The lowest BCUT2D eigenvalue weighted by molar-refractivity contribution is 0.321. The summed E-state index contributed by atoms with van der Waals surface area (Å²) in [6.45, 7) is 0.